The minimum atomic E-state index is -2.55. The van der Waals surface area contributed by atoms with Crippen LogP contribution >= 0.6 is 11.6 Å². The lowest BCUT2D eigenvalue weighted by atomic mass is 10.1. The molecule has 0 aromatic heterocycles. The fourth-order valence-electron chi connectivity index (χ4n) is 2.04. The van der Waals surface area contributed by atoms with Crippen LogP contribution in [0.5, 0.6) is 0 Å². The summed E-state index contributed by atoms with van der Waals surface area (Å²) in [5.41, 5.74) is 0.748. The molecule has 1 aromatic carbocycles. The lowest BCUT2D eigenvalue weighted by molar-refractivity contribution is -0.131. The molecule has 0 spiro atoms. The van der Waals surface area contributed by atoms with Crippen LogP contribution in [0.1, 0.15) is 18.7 Å². The van der Waals surface area contributed by atoms with Gasteiger partial charge in [0.15, 0.2) is 0 Å². The number of benzene rings is 1. The van der Waals surface area contributed by atoms with E-state index in [-0.39, 0.29) is 5.91 Å². The van der Waals surface area contributed by atoms with E-state index in [9.17, 15) is 13.6 Å². The Kier molecular flexibility index (Phi) is 3.82. The number of halogens is 3. The predicted molar refractivity (Wildman–Crippen MR) is 64.5 cm³/mol. The molecule has 1 aromatic rings. The molecular formula is C12H13ClF2N2O. The van der Waals surface area contributed by atoms with Crippen molar-refractivity contribution in [3.63, 3.8) is 0 Å². The summed E-state index contributed by atoms with van der Waals surface area (Å²) >= 11 is 5.78. The lowest BCUT2D eigenvalue weighted by Gasteiger charge is -2.24. The van der Waals surface area contributed by atoms with Crippen molar-refractivity contribution in [1.82, 2.24) is 10.2 Å². The van der Waals surface area contributed by atoms with Crippen molar-refractivity contribution < 1.29 is 13.6 Å². The van der Waals surface area contributed by atoms with Crippen LogP contribution in [0.2, 0.25) is 5.02 Å². The third kappa shape index (κ3) is 2.62. The number of carbonyl (C=O) groups is 1. The van der Waals surface area contributed by atoms with Gasteiger partial charge in [0.25, 0.3) is 6.43 Å². The van der Waals surface area contributed by atoms with E-state index in [1.165, 1.54) is 4.90 Å². The van der Waals surface area contributed by atoms with Gasteiger partial charge < -0.3 is 4.90 Å². The Hall–Kier alpha value is -1.20. The van der Waals surface area contributed by atoms with Crippen molar-refractivity contribution >= 4 is 17.5 Å². The van der Waals surface area contributed by atoms with Gasteiger partial charge in [-0.1, -0.05) is 23.7 Å². The molecule has 1 fully saturated rings. The highest BCUT2D eigenvalue weighted by Crippen LogP contribution is 2.26. The largest absolute Gasteiger partial charge is 0.316 e. The maximum atomic E-state index is 12.5. The van der Waals surface area contributed by atoms with Crippen molar-refractivity contribution in [2.75, 3.05) is 6.54 Å². The Labute approximate surface area is 109 Å². The van der Waals surface area contributed by atoms with Crippen molar-refractivity contribution in [1.29, 1.82) is 0 Å². The van der Waals surface area contributed by atoms with Gasteiger partial charge >= 0.3 is 0 Å². The van der Waals surface area contributed by atoms with Crippen molar-refractivity contribution in [2.24, 2.45) is 0 Å². The number of amides is 1. The van der Waals surface area contributed by atoms with Gasteiger partial charge in [-0.2, -0.15) is 0 Å². The second kappa shape index (κ2) is 5.20. The van der Waals surface area contributed by atoms with Crippen molar-refractivity contribution in [3.05, 3.63) is 34.9 Å². The molecule has 1 aliphatic heterocycles. The van der Waals surface area contributed by atoms with Gasteiger partial charge in [-0.25, -0.2) is 8.78 Å². The van der Waals surface area contributed by atoms with Gasteiger partial charge in [-0.15, -0.1) is 0 Å². The van der Waals surface area contributed by atoms with E-state index in [0.29, 0.717) is 5.02 Å². The number of hydrogen-bond donors (Lipinski definition) is 1. The molecule has 2 rings (SSSR count). The summed E-state index contributed by atoms with van der Waals surface area (Å²) in [6, 6.07) is 6.34. The van der Waals surface area contributed by atoms with Crippen LogP contribution in [0, 0.1) is 0 Å². The van der Waals surface area contributed by atoms with Crippen LogP contribution in [-0.4, -0.2) is 29.8 Å². The van der Waals surface area contributed by atoms with Crippen LogP contribution in [0.4, 0.5) is 8.78 Å². The number of nitrogens with one attached hydrogen (secondary N) is 1. The molecule has 1 N–H and O–H groups in total. The van der Waals surface area contributed by atoms with E-state index in [4.69, 9.17) is 11.6 Å². The Morgan fingerprint density at radius 2 is 2.00 bits per heavy atom. The topological polar surface area (TPSA) is 32.3 Å². The molecule has 2 atom stereocenters. The average Bonchev–Trinajstić information content (AvgIpc) is 2.58. The number of hydrogen-bond acceptors (Lipinski definition) is 2. The van der Waals surface area contributed by atoms with Gasteiger partial charge in [0, 0.05) is 5.02 Å². The zero-order valence-electron chi connectivity index (χ0n) is 9.74. The van der Waals surface area contributed by atoms with Gasteiger partial charge in [-0.05, 0) is 24.6 Å². The molecule has 0 aliphatic carbocycles. The molecule has 6 heteroatoms. The summed E-state index contributed by atoms with van der Waals surface area (Å²) in [6.45, 7) is 1.10. The fraction of sp³-hybridized carbons (Fsp3) is 0.417. The summed E-state index contributed by atoms with van der Waals surface area (Å²) in [5, 5.41) is 3.56. The second-order valence-electron chi connectivity index (χ2n) is 4.22. The fourth-order valence-corrected chi connectivity index (χ4v) is 2.17. The molecule has 1 saturated heterocycles. The minimum absolute atomic E-state index is 0.310. The molecule has 98 valence electrons. The third-order valence-corrected chi connectivity index (χ3v) is 3.15. The zero-order valence-corrected chi connectivity index (χ0v) is 10.5. The van der Waals surface area contributed by atoms with Crippen molar-refractivity contribution in [2.45, 2.75) is 25.6 Å². The summed E-state index contributed by atoms with van der Waals surface area (Å²) in [4.78, 5) is 13.0. The Balaban J connectivity index is 2.24. The summed E-state index contributed by atoms with van der Waals surface area (Å²) < 4.78 is 25.0. The first-order valence-corrected chi connectivity index (χ1v) is 5.97. The molecule has 3 nitrogen and oxygen atoms in total. The summed E-state index contributed by atoms with van der Waals surface area (Å²) in [6.07, 6.45) is -3.06. The molecule has 1 heterocycles. The molecule has 1 amide bonds. The smallest absolute Gasteiger partial charge is 0.255 e. The van der Waals surface area contributed by atoms with E-state index in [1.807, 2.05) is 0 Å². The standard InChI is InChI=1S/C12H13ClF2N2O/c1-7-12(18)17(6-10(14)15)11(16-7)8-2-4-9(13)5-3-8/h2-5,7,10-11,16H,6H2,1H3. The number of nitrogens with zero attached hydrogens (tertiary/aromatic N) is 1. The molecule has 0 bridgehead atoms. The van der Waals surface area contributed by atoms with E-state index in [2.05, 4.69) is 5.32 Å². The van der Waals surface area contributed by atoms with Crippen LogP contribution in [0.25, 0.3) is 0 Å². The number of rotatable bonds is 3. The van der Waals surface area contributed by atoms with Crippen LogP contribution in [0.3, 0.4) is 0 Å². The first-order chi connectivity index (χ1) is 8.49. The highest BCUT2D eigenvalue weighted by molar-refractivity contribution is 6.30. The van der Waals surface area contributed by atoms with Crippen LogP contribution < -0.4 is 5.32 Å². The molecule has 2 unspecified atom stereocenters. The SMILES string of the molecule is CC1NC(c2ccc(Cl)cc2)N(CC(F)F)C1=O. The Morgan fingerprint density at radius 3 is 2.56 bits per heavy atom. The first kappa shape index (κ1) is 13.2. The maximum absolute atomic E-state index is 12.5. The lowest BCUT2D eigenvalue weighted by Crippen LogP contribution is -2.34. The number of carbonyl (C=O) groups excluding carboxylic acids is 1. The third-order valence-electron chi connectivity index (χ3n) is 2.89. The second-order valence-corrected chi connectivity index (χ2v) is 4.66. The first-order valence-electron chi connectivity index (χ1n) is 5.59. The Morgan fingerprint density at radius 1 is 1.39 bits per heavy atom. The van der Waals surface area contributed by atoms with Gasteiger partial charge in [0.2, 0.25) is 5.91 Å². The molecule has 18 heavy (non-hydrogen) atoms. The van der Waals surface area contributed by atoms with Gasteiger partial charge in [0.1, 0.15) is 6.17 Å². The predicted octanol–water partition coefficient (Wildman–Crippen LogP) is 2.42. The highest BCUT2D eigenvalue weighted by Gasteiger charge is 2.38. The van der Waals surface area contributed by atoms with Gasteiger partial charge in [-0.3, -0.25) is 10.1 Å². The minimum Gasteiger partial charge on any atom is -0.316 e. The number of alkyl halides is 2. The monoisotopic (exact) mass is 274 g/mol. The van der Waals surface area contributed by atoms with Gasteiger partial charge in [0.05, 0.1) is 12.6 Å². The summed E-state index contributed by atoms with van der Waals surface area (Å²) in [5.74, 6) is -0.310. The zero-order chi connectivity index (χ0) is 13.3. The molecule has 0 radical (unpaired) electrons. The quantitative estimate of drug-likeness (QED) is 0.918. The van der Waals surface area contributed by atoms with E-state index in [0.717, 1.165) is 5.56 Å². The molecular weight excluding hydrogens is 262 g/mol. The van der Waals surface area contributed by atoms with E-state index >= 15 is 0 Å². The highest BCUT2D eigenvalue weighted by atomic mass is 35.5. The average molecular weight is 275 g/mol. The Bertz CT molecular complexity index is 438. The summed E-state index contributed by atoms with van der Waals surface area (Å²) in [7, 11) is 0. The van der Waals surface area contributed by atoms with Crippen LogP contribution in [-0.2, 0) is 4.79 Å². The van der Waals surface area contributed by atoms with E-state index < -0.39 is 25.2 Å². The van der Waals surface area contributed by atoms with Crippen LogP contribution in [0.15, 0.2) is 24.3 Å². The molecule has 1 aliphatic rings. The maximum Gasteiger partial charge on any atom is 0.255 e. The molecule has 0 saturated carbocycles. The van der Waals surface area contributed by atoms with Crippen molar-refractivity contribution in [3.8, 4) is 0 Å². The van der Waals surface area contributed by atoms with E-state index in [1.54, 1.807) is 31.2 Å². The normalized spacial score (nSPS) is 24.1.